The Morgan fingerprint density at radius 3 is 2.41 bits per heavy atom. The fourth-order valence-corrected chi connectivity index (χ4v) is 1.59. The van der Waals surface area contributed by atoms with E-state index in [-0.39, 0.29) is 24.6 Å². The van der Waals surface area contributed by atoms with Gasteiger partial charge < -0.3 is 0 Å². The molecule has 1 heterocycles. The summed E-state index contributed by atoms with van der Waals surface area (Å²) in [7, 11) is 0. The van der Waals surface area contributed by atoms with Gasteiger partial charge in [-0.05, 0) is 19.1 Å². The number of Topliss-reactive ketones (excluding diaryl/α,β-unsaturated/α-hetero) is 1. The van der Waals surface area contributed by atoms with E-state index in [0.29, 0.717) is 6.42 Å². The number of hydrogen-bond acceptors (Lipinski definition) is 2. The summed E-state index contributed by atoms with van der Waals surface area (Å²) in [6.07, 6.45) is 0.367. The van der Waals surface area contributed by atoms with Crippen LogP contribution in [0.2, 0.25) is 0 Å². The van der Waals surface area contributed by atoms with Crippen LogP contribution in [0, 0.1) is 6.92 Å². The molecule has 1 aromatic heterocycles. The van der Waals surface area contributed by atoms with Crippen LogP contribution in [0.25, 0.3) is 0 Å². The van der Waals surface area contributed by atoms with Crippen LogP contribution in [0.15, 0.2) is 48.5 Å². The zero-order valence-corrected chi connectivity index (χ0v) is 10.2. The van der Waals surface area contributed by atoms with Gasteiger partial charge in [-0.1, -0.05) is 36.4 Å². The van der Waals surface area contributed by atoms with Gasteiger partial charge >= 0.3 is 18.9 Å². The van der Waals surface area contributed by atoms with Crippen molar-refractivity contribution in [1.82, 2.24) is 4.98 Å². The predicted octanol–water partition coefficient (Wildman–Crippen LogP) is -0.181. The second kappa shape index (κ2) is 6.39. The summed E-state index contributed by atoms with van der Waals surface area (Å²) >= 11 is 0. The van der Waals surface area contributed by atoms with Gasteiger partial charge in [-0.25, -0.2) is 0 Å². The summed E-state index contributed by atoms with van der Waals surface area (Å²) in [5.41, 5.74) is 2.51. The van der Waals surface area contributed by atoms with Crippen LogP contribution in [0.1, 0.15) is 21.7 Å². The van der Waals surface area contributed by atoms with E-state index in [2.05, 4.69) is 4.98 Å². The standard InChI is InChI=1S/C14H13NO.Li/c1-11-6-5-9-13(15-11)10-14(16)12-7-3-2-4-8-12;/h2-9H,10H2,1H3;/q;+1. The second-order valence-electron chi connectivity index (χ2n) is 3.74. The molecule has 1 aromatic carbocycles. The van der Waals surface area contributed by atoms with Crippen molar-refractivity contribution in [3.05, 3.63) is 65.5 Å². The fraction of sp³-hybridized carbons (Fsp3) is 0.143. The van der Waals surface area contributed by atoms with E-state index >= 15 is 0 Å². The zero-order chi connectivity index (χ0) is 11.4. The third-order valence-electron chi connectivity index (χ3n) is 2.38. The minimum Gasteiger partial charge on any atom is -0.294 e. The minimum atomic E-state index is 0. The summed E-state index contributed by atoms with van der Waals surface area (Å²) < 4.78 is 0. The smallest absolute Gasteiger partial charge is 0.294 e. The predicted molar refractivity (Wildman–Crippen MR) is 63.5 cm³/mol. The molecule has 0 aliphatic heterocycles. The molecule has 2 nitrogen and oxygen atoms in total. The average Bonchev–Trinajstić information content (AvgIpc) is 2.30. The number of ketones is 1. The van der Waals surface area contributed by atoms with Crippen LogP contribution >= 0.6 is 0 Å². The first kappa shape index (κ1) is 13.7. The van der Waals surface area contributed by atoms with Crippen molar-refractivity contribution < 1.29 is 23.7 Å². The third-order valence-corrected chi connectivity index (χ3v) is 2.38. The van der Waals surface area contributed by atoms with Crippen molar-refractivity contribution >= 4 is 5.78 Å². The maximum absolute atomic E-state index is 11.9. The normalized spacial score (nSPS) is 9.47. The number of carbonyl (C=O) groups excluding carboxylic acids is 1. The van der Waals surface area contributed by atoms with Gasteiger partial charge in [0.15, 0.2) is 5.78 Å². The number of rotatable bonds is 3. The Morgan fingerprint density at radius 1 is 1.06 bits per heavy atom. The summed E-state index contributed by atoms with van der Waals surface area (Å²) in [6.45, 7) is 1.93. The Kier molecular flexibility index (Phi) is 5.15. The summed E-state index contributed by atoms with van der Waals surface area (Å²) in [4.78, 5) is 16.2. The molecule has 17 heavy (non-hydrogen) atoms. The molecule has 0 aliphatic rings. The van der Waals surface area contributed by atoms with Crippen molar-refractivity contribution in [1.29, 1.82) is 0 Å². The topological polar surface area (TPSA) is 30.0 Å². The Morgan fingerprint density at radius 2 is 1.76 bits per heavy atom. The van der Waals surface area contributed by atoms with Gasteiger partial charge in [0.25, 0.3) is 0 Å². The van der Waals surface area contributed by atoms with Crippen molar-refractivity contribution in [2.45, 2.75) is 13.3 Å². The molecule has 0 atom stereocenters. The van der Waals surface area contributed by atoms with E-state index in [1.807, 2.05) is 55.5 Å². The minimum absolute atomic E-state index is 0. The van der Waals surface area contributed by atoms with Crippen LogP contribution in [0.4, 0.5) is 0 Å². The Labute approximate surface area is 113 Å². The molecular weight excluding hydrogens is 205 g/mol. The molecule has 0 unspecified atom stereocenters. The van der Waals surface area contributed by atoms with Crippen LogP contribution in [0.3, 0.4) is 0 Å². The van der Waals surface area contributed by atoms with Crippen molar-refractivity contribution in [2.24, 2.45) is 0 Å². The Balaban J connectivity index is 0.00000144. The first-order valence-electron chi connectivity index (χ1n) is 5.26. The van der Waals surface area contributed by atoms with Gasteiger partial charge in [0.2, 0.25) is 0 Å². The molecule has 0 aliphatic carbocycles. The van der Waals surface area contributed by atoms with Crippen molar-refractivity contribution in [3.63, 3.8) is 0 Å². The number of hydrogen-bond donors (Lipinski definition) is 0. The van der Waals surface area contributed by atoms with Gasteiger partial charge in [0.1, 0.15) is 0 Å². The Bertz CT molecular complexity index is 497. The van der Waals surface area contributed by atoms with Crippen LogP contribution in [-0.2, 0) is 6.42 Å². The number of aryl methyl sites for hydroxylation is 1. The molecule has 0 N–H and O–H groups in total. The number of carbonyl (C=O) groups is 1. The van der Waals surface area contributed by atoms with Gasteiger partial charge in [-0.15, -0.1) is 0 Å². The molecule has 3 heteroatoms. The van der Waals surface area contributed by atoms with Crippen molar-refractivity contribution in [2.75, 3.05) is 0 Å². The molecule has 2 aromatic rings. The average molecular weight is 218 g/mol. The number of aromatic nitrogens is 1. The van der Waals surface area contributed by atoms with E-state index < -0.39 is 0 Å². The van der Waals surface area contributed by atoms with E-state index in [4.69, 9.17) is 0 Å². The number of benzene rings is 1. The molecule has 0 saturated carbocycles. The molecule has 0 amide bonds. The van der Waals surface area contributed by atoms with Crippen molar-refractivity contribution in [3.8, 4) is 0 Å². The van der Waals surface area contributed by atoms with Crippen LogP contribution in [-0.4, -0.2) is 10.8 Å². The van der Waals surface area contributed by atoms with Gasteiger partial charge in [-0.3, -0.25) is 9.78 Å². The zero-order valence-electron chi connectivity index (χ0n) is 10.2. The van der Waals surface area contributed by atoms with E-state index in [9.17, 15) is 4.79 Å². The molecule has 0 fully saturated rings. The molecule has 0 radical (unpaired) electrons. The largest absolute Gasteiger partial charge is 1.00 e. The number of pyridine rings is 1. The molecule has 2 rings (SSSR count). The van der Waals surface area contributed by atoms with Crippen LogP contribution < -0.4 is 18.9 Å². The molecule has 0 saturated heterocycles. The third kappa shape index (κ3) is 3.85. The van der Waals surface area contributed by atoms with E-state index in [1.165, 1.54) is 0 Å². The molecule has 0 bridgehead atoms. The number of nitrogens with zero attached hydrogens (tertiary/aromatic N) is 1. The molecular formula is C14H13LiNO+. The summed E-state index contributed by atoms with van der Waals surface area (Å²) in [5, 5.41) is 0. The molecule has 80 valence electrons. The fourth-order valence-electron chi connectivity index (χ4n) is 1.59. The SMILES string of the molecule is Cc1cccc(CC(=O)c2ccccc2)n1.[Li+]. The second-order valence-corrected chi connectivity index (χ2v) is 3.74. The summed E-state index contributed by atoms with van der Waals surface area (Å²) in [5.74, 6) is 0.110. The maximum Gasteiger partial charge on any atom is 1.00 e. The Hall–Kier alpha value is -1.36. The maximum atomic E-state index is 11.9. The van der Waals surface area contributed by atoms with Gasteiger partial charge in [0.05, 0.1) is 6.42 Å². The van der Waals surface area contributed by atoms with E-state index in [1.54, 1.807) is 0 Å². The monoisotopic (exact) mass is 218 g/mol. The van der Waals surface area contributed by atoms with Gasteiger partial charge in [0, 0.05) is 17.0 Å². The first-order valence-corrected chi connectivity index (χ1v) is 5.26. The first-order chi connectivity index (χ1) is 7.75. The molecule has 0 spiro atoms. The summed E-state index contributed by atoms with van der Waals surface area (Å²) in [6, 6.07) is 15.0. The van der Waals surface area contributed by atoms with E-state index in [0.717, 1.165) is 17.0 Å². The van der Waals surface area contributed by atoms with Crippen LogP contribution in [0.5, 0.6) is 0 Å². The quantitative estimate of drug-likeness (QED) is 0.528. The van der Waals surface area contributed by atoms with Gasteiger partial charge in [-0.2, -0.15) is 0 Å².